The molecule has 2 amide bonds. The molecule has 16 heteroatoms. The van der Waals surface area contributed by atoms with Crippen LogP contribution in [0.4, 0.5) is 36.6 Å². The third-order valence-electron chi connectivity index (χ3n) is 6.41. The molecular formula is C23H14F7N7O2. The highest BCUT2D eigenvalue weighted by atomic mass is 19.4. The van der Waals surface area contributed by atoms with Crippen LogP contribution in [0.1, 0.15) is 34.2 Å². The van der Waals surface area contributed by atoms with Gasteiger partial charge >= 0.3 is 6.18 Å². The molecule has 1 aliphatic rings. The van der Waals surface area contributed by atoms with Crippen molar-refractivity contribution in [1.29, 1.82) is 0 Å². The number of primary amides is 1. The molecule has 0 spiro atoms. The molecule has 1 aliphatic heterocycles. The lowest BCUT2D eigenvalue weighted by Gasteiger charge is -2.25. The summed E-state index contributed by atoms with van der Waals surface area (Å²) >= 11 is 0. The van der Waals surface area contributed by atoms with Gasteiger partial charge in [-0.1, -0.05) is 0 Å². The van der Waals surface area contributed by atoms with E-state index < -0.39 is 81.7 Å². The Bertz CT molecular complexity index is 1730. The van der Waals surface area contributed by atoms with E-state index in [9.17, 15) is 40.3 Å². The predicted octanol–water partition coefficient (Wildman–Crippen LogP) is 3.67. The first-order valence-electron chi connectivity index (χ1n) is 10.9. The molecule has 3 N–H and O–H groups in total. The zero-order valence-electron chi connectivity index (χ0n) is 19.7. The molecule has 4 aromatic rings. The summed E-state index contributed by atoms with van der Waals surface area (Å²) in [6.07, 6.45) is -5.17. The number of aryl methyl sites for hydroxylation is 1. The number of nitrogens with two attached hydrogens (primary N) is 1. The molecule has 0 saturated heterocycles. The molecule has 202 valence electrons. The summed E-state index contributed by atoms with van der Waals surface area (Å²) in [7, 11) is 0. The number of amides is 2. The zero-order valence-corrected chi connectivity index (χ0v) is 19.7. The Kier molecular flexibility index (Phi) is 5.62. The number of halogens is 7. The number of hydrogen-bond acceptors (Lipinski definition) is 6. The minimum atomic E-state index is -5.17. The van der Waals surface area contributed by atoms with Crippen molar-refractivity contribution in [2.24, 2.45) is 5.73 Å². The lowest BCUT2D eigenvalue weighted by Crippen LogP contribution is -2.46. The van der Waals surface area contributed by atoms with Crippen molar-refractivity contribution in [3.05, 3.63) is 64.0 Å². The zero-order chi connectivity index (χ0) is 28.6. The minimum absolute atomic E-state index is 0.156. The van der Waals surface area contributed by atoms with Gasteiger partial charge in [0.15, 0.2) is 28.5 Å². The first kappa shape index (κ1) is 26.0. The van der Waals surface area contributed by atoms with E-state index >= 15 is 0 Å². The third kappa shape index (κ3) is 3.77. The van der Waals surface area contributed by atoms with E-state index in [1.54, 1.807) is 0 Å². The quantitative estimate of drug-likeness (QED) is 0.293. The van der Waals surface area contributed by atoms with Gasteiger partial charge in [0.2, 0.25) is 5.91 Å². The second-order valence-corrected chi connectivity index (χ2v) is 8.82. The van der Waals surface area contributed by atoms with Crippen molar-refractivity contribution in [3.63, 3.8) is 0 Å². The fourth-order valence-corrected chi connectivity index (χ4v) is 4.23. The molecule has 1 unspecified atom stereocenters. The normalized spacial score (nSPS) is 17.0. The molecule has 0 fully saturated rings. The van der Waals surface area contributed by atoms with Gasteiger partial charge in [-0.3, -0.25) is 9.59 Å². The van der Waals surface area contributed by atoms with E-state index in [0.717, 1.165) is 10.7 Å². The number of carbonyl (C=O) groups is 2. The van der Waals surface area contributed by atoms with E-state index in [1.165, 1.54) is 6.92 Å². The SMILES string of the molecule is Cc1nc2c(cc1F)c(-c1nc3c(c(C(N)=O)n1)C(C)(C(F)(F)F)C(=O)N3)nn2Cc1c(F)ccc(F)c1F. The fraction of sp³-hybridized carbons (Fsp3) is 0.217. The molecule has 4 heterocycles. The molecular weight excluding hydrogens is 539 g/mol. The molecule has 0 saturated carbocycles. The van der Waals surface area contributed by atoms with Gasteiger partial charge in [0.25, 0.3) is 5.91 Å². The highest BCUT2D eigenvalue weighted by Crippen LogP contribution is 2.49. The van der Waals surface area contributed by atoms with E-state index in [0.29, 0.717) is 19.1 Å². The fourth-order valence-electron chi connectivity index (χ4n) is 4.23. The molecule has 39 heavy (non-hydrogen) atoms. The Hall–Kier alpha value is -4.63. The topological polar surface area (TPSA) is 129 Å². The van der Waals surface area contributed by atoms with Crippen LogP contribution in [0.5, 0.6) is 0 Å². The van der Waals surface area contributed by atoms with Crippen LogP contribution in [0.2, 0.25) is 0 Å². The second kappa shape index (κ2) is 8.44. The molecule has 0 radical (unpaired) electrons. The largest absolute Gasteiger partial charge is 0.407 e. The number of hydrogen-bond donors (Lipinski definition) is 2. The molecule has 1 aromatic carbocycles. The number of benzene rings is 1. The lowest BCUT2D eigenvalue weighted by atomic mass is 9.82. The number of nitrogens with zero attached hydrogens (tertiary/aromatic N) is 5. The van der Waals surface area contributed by atoms with Crippen molar-refractivity contribution in [3.8, 4) is 11.5 Å². The van der Waals surface area contributed by atoms with Crippen LogP contribution in [-0.2, 0) is 16.8 Å². The average molecular weight is 553 g/mol. The van der Waals surface area contributed by atoms with Gasteiger partial charge < -0.3 is 11.1 Å². The van der Waals surface area contributed by atoms with Gasteiger partial charge in [0.1, 0.15) is 28.8 Å². The van der Waals surface area contributed by atoms with E-state index in [2.05, 4.69) is 20.1 Å². The number of carbonyl (C=O) groups excluding carboxylic acids is 2. The summed E-state index contributed by atoms with van der Waals surface area (Å²) in [5.74, 6) is -9.11. The first-order chi connectivity index (χ1) is 18.1. The number of fused-ring (bicyclic) bond motifs is 2. The van der Waals surface area contributed by atoms with Crippen LogP contribution in [0.25, 0.3) is 22.6 Å². The monoisotopic (exact) mass is 553 g/mol. The summed E-state index contributed by atoms with van der Waals surface area (Å²) < 4.78 is 99.6. The lowest BCUT2D eigenvalue weighted by molar-refractivity contribution is -0.186. The second-order valence-electron chi connectivity index (χ2n) is 8.82. The Morgan fingerprint density at radius 2 is 1.74 bits per heavy atom. The highest BCUT2D eigenvalue weighted by Gasteiger charge is 2.64. The van der Waals surface area contributed by atoms with Crippen LogP contribution in [0, 0.1) is 30.2 Å². The maximum atomic E-state index is 14.5. The average Bonchev–Trinajstić information content (AvgIpc) is 3.33. The smallest absolute Gasteiger partial charge is 0.364 e. The number of aromatic nitrogens is 5. The van der Waals surface area contributed by atoms with E-state index in [-0.39, 0.29) is 22.4 Å². The van der Waals surface area contributed by atoms with Crippen LogP contribution < -0.4 is 11.1 Å². The number of rotatable bonds is 4. The standard InChI is InChI=1S/C23H14F7N7O2/c1-7-12(26)5-8-15(36-37(20(8)32-7)6-9-10(24)3-4-11(25)14(9)27)19-33-16(17(31)38)13-18(34-19)35-21(39)22(13,2)23(28,29)30/h3-5H,6H2,1-2H3,(H2,31,38)(H,33,34,35,39). The molecule has 0 aliphatic carbocycles. The van der Waals surface area contributed by atoms with E-state index in [1.807, 2.05) is 5.32 Å². The minimum Gasteiger partial charge on any atom is -0.364 e. The summed E-state index contributed by atoms with van der Waals surface area (Å²) in [4.78, 5) is 36.3. The predicted molar refractivity (Wildman–Crippen MR) is 119 cm³/mol. The Balaban J connectivity index is 1.77. The molecule has 9 nitrogen and oxygen atoms in total. The summed E-state index contributed by atoms with van der Waals surface area (Å²) in [6.45, 7) is 1.05. The van der Waals surface area contributed by atoms with Crippen molar-refractivity contribution in [2.75, 3.05) is 5.32 Å². The number of nitrogens with one attached hydrogen (secondary N) is 1. The van der Waals surface area contributed by atoms with Gasteiger partial charge in [-0.05, 0) is 32.0 Å². The van der Waals surface area contributed by atoms with Crippen molar-refractivity contribution >= 4 is 28.7 Å². The molecule has 3 aromatic heterocycles. The van der Waals surface area contributed by atoms with Crippen LogP contribution in [-0.4, -0.2) is 42.7 Å². The molecule has 5 rings (SSSR count). The van der Waals surface area contributed by atoms with Crippen LogP contribution in [0.3, 0.4) is 0 Å². The van der Waals surface area contributed by atoms with Crippen molar-refractivity contribution in [2.45, 2.75) is 32.0 Å². The molecule has 1 atom stereocenters. The van der Waals surface area contributed by atoms with Gasteiger partial charge in [-0.15, -0.1) is 0 Å². The first-order valence-corrected chi connectivity index (χ1v) is 10.9. The Morgan fingerprint density at radius 1 is 1.08 bits per heavy atom. The van der Waals surface area contributed by atoms with Crippen molar-refractivity contribution in [1.82, 2.24) is 24.7 Å². The van der Waals surface area contributed by atoms with Crippen LogP contribution >= 0.6 is 0 Å². The van der Waals surface area contributed by atoms with Gasteiger partial charge in [0, 0.05) is 5.56 Å². The Morgan fingerprint density at radius 3 is 2.38 bits per heavy atom. The van der Waals surface area contributed by atoms with Crippen LogP contribution in [0.15, 0.2) is 18.2 Å². The summed E-state index contributed by atoms with van der Waals surface area (Å²) in [5, 5.41) is 5.88. The number of anilines is 1. The van der Waals surface area contributed by atoms with Gasteiger partial charge in [0.05, 0.1) is 23.2 Å². The van der Waals surface area contributed by atoms with Gasteiger partial charge in [-0.25, -0.2) is 37.2 Å². The van der Waals surface area contributed by atoms with Crippen molar-refractivity contribution < 1.29 is 40.3 Å². The number of pyridine rings is 1. The summed E-state index contributed by atoms with van der Waals surface area (Å²) in [5.41, 5.74) is -1.26. The van der Waals surface area contributed by atoms with Gasteiger partial charge in [-0.2, -0.15) is 18.3 Å². The summed E-state index contributed by atoms with van der Waals surface area (Å²) in [6, 6.07) is 2.17. The third-order valence-corrected chi connectivity index (χ3v) is 6.41. The maximum absolute atomic E-state index is 14.5. The Labute approximate surface area is 212 Å². The molecule has 0 bridgehead atoms. The number of alkyl halides is 3. The maximum Gasteiger partial charge on any atom is 0.407 e. The highest BCUT2D eigenvalue weighted by molar-refractivity contribution is 6.10. The van der Waals surface area contributed by atoms with E-state index in [4.69, 9.17) is 5.73 Å².